The second kappa shape index (κ2) is 5.11. The van der Waals surface area contributed by atoms with Crippen molar-refractivity contribution in [2.75, 3.05) is 0 Å². The molecule has 2 nitrogen and oxygen atoms in total. The number of rotatable bonds is 2. The van der Waals surface area contributed by atoms with E-state index < -0.39 is 59.6 Å². The maximum absolute atomic E-state index is 12.6. The Kier molecular flexibility index (Phi) is 4.17. The average molecular weight is 326 g/mol. The van der Waals surface area contributed by atoms with Crippen LogP contribution < -0.4 is 4.74 Å². The van der Waals surface area contributed by atoms with Gasteiger partial charge in [0.05, 0.1) is 16.7 Å². The molecule has 0 aliphatic carbocycles. The summed E-state index contributed by atoms with van der Waals surface area (Å²) in [7, 11) is 0. The third kappa shape index (κ3) is 3.79. The molecule has 0 unspecified atom stereocenters. The molecule has 0 saturated carbocycles. The van der Waals surface area contributed by atoms with Crippen LogP contribution in [0.15, 0.2) is 12.1 Å². The Morgan fingerprint density at radius 1 is 0.762 bits per heavy atom. The minimum absolute atomic E-state index is 0.561. The summed E-state index contributed by atoms with van der Waals surface area (Å²) in [4.78, 5) is 10.0. The summed E-state index contributed by atoms with van der Waals surface area (Å²) in [6.07, 6.45) is -16.6. The molecule has 0 fully saturated rings. The van der Waals surface area contributed by atoms with Crippen molar-refractivity contribution >= 4 is 6.47 Å². The third-order valence-electron chi connectivity index (χ3n) is 2.19. The molecule has 0 saturated heterocycles. The van der Waals surface area contributed by atoms with Crippen molar-refractivity contribution in [3.63, 3.8) is 0 Å². The summed E-state index contributed by atoms with van der Waals surface area (Å²) >= 11 is 0. The molecule has 0 aliphatic rings. The van der Waals surface area contributed by atoms with Gasteiger partial charge in [0.2, 0.25) is 0 Å². The van der Waals surface area contributed by atoms with E-state index in [-0.39, 0.29) is 0 Å². The van der Waals surface area contributed by atoms with Crippen LogP contribution in [-0.4, -0.2) is 6.47 Å². The van der Waals surface area contributed by atoms with Crippen LogP contribution in [-0.2, 0) is 23.3 Å². The topological polar surface area (TPSA) is 26.3 Å². The molecule has 0 aliphatic heterocycles. The molecule has 1 aromatic carbocycles. The lowest BCUT2D eigenvalue weighted by Crippen LogP contribution is -2.18. The van der Waals surface area contributed by atoms with Gasteiger partial charge in [-0.05, 0) is 12.1 Å². The van der Waals surface area contributed by atoms with Gasteiger partial charge in [-0.15, -0.1) is 0 Å². The molecule has 1 aromatic rings. The first kappa shape index (κ1) is 17.1. The van der Waals surface area contributed by atoms with E-state index in [1.165, 1.54) is 0 Å². The van der Waals surface area contributed by atoms with Gasteiger partial charge < -0.3 is 4.74 Å². The quantitative estimate of drug-likeness (QED) is 0.599. The first-order valence-electron chi connectivity index (χ1n) is 4.78. The first-order chi connectivity index (χ1) is 9.28. The molecular formula is C10H3F9O2. The highest BCUT2D eigenvalue weighted by atomic mass is 19.4. The Morgan fingerprint density at radius 2 is 1.14 bits per heavy atom. The monoisotopic (exact) mass is 326 g/mol. The van der Waals surface area contributed by atoms with Gasteiger partial charge in [0, 0.05) is 0 Å². The fourth-order valence-corrected chi connectivity index (χ4v) is 1.39. The van der Waals surface area contributed by atoms with E-state index in [9.17, 15) is 44.3 Å². The third-order valence-corrected chi connectivity index (χ3v) is 2.19. The van der Waals surface area contributed by atoms with Gasteiger partial charge in [-0.2, -0.15) is 39.5 Å². The van der Waals surface area contributed by atoms with Crippen molar-refractivity contribution in [1.29, 1.82) is 0 Å². The zero-order valence-corrected chi connectivity index (χ0v) is 9.45. The zero-order valence-electron chi connectivity index (χ0n) is 9.45. The zero-order chi connectivity index (χ0) is 16.6. The summed E-state index contributed by atoms with van der Waals surface area (Å²) in [5.74, 6) is -2.03. The smallest absolute Gasteiger partial charge is 0.420 e. The summed E-state index contributed by atoms with van der Waals surface area (Å²) in [6, 6.07) is -1.12. The van der Waals surface area contributed by atoms with Crippen molar-refractivity contribution < 1.29 is 49.0 Å². The highest BCUT2D eigenvalue weighted by molar-refractivity contribution is 5.55. The largest absolute Gasteiger partial charge is 0.427 e. The minimum Gasteiger partial charge on any atom is -0.427 e. The number of carbonyl (C=O) groups excluding carboxylic acids is 1. The number of carbonyl (C=O) groups is 1. The first-order valence-corrected chi connectivity index (χ1v) is 4.78. The fourth-order valence-electron chi connectivity index (χ4n) is 1.39. The summed E-state index contributed by atoms with van der Waals surface area (Å²) in [6.45, 7) is -0.743. The highest BCUT2D eigenvalue weighted by Gasteiger charge is 2.45. The van der Waals surface area contributed by atoms with Crippen LogP contribution >= 0.6 is 0 Å². The Labute approximate surface area is 110 Å². The lowest BCUT2D eigenvalue weighted by atomic mass is 10.0. The second-order valence-corrected chi connectivity index (χ2v) is 3.61. The van der Waals surface area contributed by atoms with E-state index in [0.717, 1.165) is 0 Å². The van der Waals surface area contributed by atoms with E-state index >= 15 is 0 Å². The van der Waals surface area contributed by atoms with Gasteiger partial charge in [-0.1, -0.05) is 0 Å². The summed E-state index contributed by atoms with van der Waals surface area (Å²) < 4.78 is 116. The SMILES string of the molecule is O=COc1c(C(F)(F)F)cc(C(F)(F)F)cc1C(F)(F)F. The normalized spacial score (nSPS) is 13.2. The number of alkyl halides is 9. The summed E-state index contributed by atoms with van der Waals surface area (Å²) in [5, 5.41) is 0. The van der Waals surface area contributed by atoms with Crippen LogP contribution in [0.5, 0.6) is 5.75 Å². The van der Waals surface area contributed by atoms with Crippen molar-refractivity contribution in [1.82, 2.24) is 0 Å². The predicted octanol–water partition coefficient (Wildman–Crippen LogP) is 4.28. The maximum Gasteiger partial charge on any atom is 0.420 e. The Bertz CT molecular complexity index is 504. The maximum atomic E-state index is 12.6. The van der Waals surface area contributed by atoms with Gasteiger partial charge in [0.25, 0.3) is 6.47 Å². The van der Waals surface area contributed by atoms with Crippen molar-refractivity contribution in [2.45, 2.75) is 18.5 Å². The summed E-state index contributed by atoms with van der Waals surface area (Å²) in [5.41, 5.74) is -6.87. The van der Waals surface area contributed by atoms with Crippen LogP contribution in [0, 0.1) is 0 Å². The van der Waals surface area contributed by atoms with Gasteiger partial charge >= 0.3 is 18.5 Å². The second-order valence-electron chi connectivity index (χ2n) is 3.61. The Morgan fingerprint density at radius 3 is 1.38 bits per heavy atom. The number of benzene rings is 1. The van der Waals surface area contributed by atoms with E-state index in [1.807, 2.05) is 0 Å². The molecule has 1 rings (SSSR count). The lowest BCUT2D eigenvalue weighted by Gasteiger charge is -2.19. The minimum atomic E-state index is -5.58. The molecule has 0 bridgehead atoms. The molecule has 0 N–H and O–H groups in total. The van der Waals surface area contributed by atoms with Gasteiger partial charge in [0.15, 0.2) is 5.75 Å². The van der Waals surface area contributed by atoms with Crippen LogP contribution in [0.4, 0.5) is 39.5 Å². The molecular weight excluding hydrogens is 323 g/mol. The van der Waals surface area contributed by atoms with Gasteiger partial charge in [0.1, 0.15) is 0 Å². The number of hydrogen-bond donors (Lipinski definition) is 0. The van der Waals surface area contributed by atoms with Gasteiger partial charge in [-0.3, -0.25) is 4.79 Å². The average Bonchev–Trinajstić information content (AvgIpc) is 2.24. The van der Waals surface area contributed by atoms with Crippen molar-refractivity contribution in [3.05, 3.63) is 28.8 Å². The molecule has 0 radical (unpaired) electrons. The van der Waals surface area contributed by atoms with Crippen molar-refractivity contribution in [3.8, 4) is 5.75 Å². The van der Waals surface area contributed by atoms with E-state index in [2.05, 4.69) is 4.74 Å². The van der Waals surface area contributed by atoms with E-state index in [1.54, 1.807) is 0 Å². The molecule has 118 valence electrons. The molecule has 0 amide bonds. The number of hydrogen-bond acceptors (Lipinski definition) is 2. The fraction of sp³-hybridized carbons (Fsp3) is 0.300. The molecule has 0 spiro atoms. The molecule has 11 heteroatoms. The highest BCUT2D eigenvalue weighted by Crippen LogP contribution is 2.47. The van der Waals surface area contributed by atoms with Crippen LogP contribution in [0.3, 0.4) is 0 Å². The molecule has 21 heavy (non-hydrogen) atoms. The number of halogens is 9. The molecule has 0 aromatic heterocycles. The van der Waals surface area contributed by atoms with Gasteiger partial charge in [-0.25, -0.2) is 0 Å². The van der Waals surface area contributed by atoms with E-state index in [4.69, 9.17) is 0 Å². The van der Waals surface area contributed by atoms with Crippen molar-refractivity contribution in [2.24, 2.45) is 0 Å². The predicted molar refractivity (Wildman–Crippen MR) is 48.1 cm³/mol. The standard InChI is InChI=1S/C10H3F9O2/c11-8(12,13)4-1-5(9(14,15)16)7(21-3-20)6(2-4)10(17,18)19/h1-3H. The van der Waals surface area contributed by atoms with Crippen LogP contribution in [0.2, 0.25) is 0 Å². The number of ether oxygens (including phenoxy) is 1. The molecule has 0 heterocycles. The lowest BCUT2D eigenvalue weighted by molar-refractivity contribution is -0.150. The van der Waals surface area contributed by atoms with Crippen LogP contribution in [0.1, 0.15) is 16.7 Å². The molecule has 0 atom stereocenters. The van der Waals surface area contributed by atoms with Crippen LogP contribution in [0.25, 0.3) is 0 Å². The van der Waals surface area contributed by atoms with E-state index in [0.29, 0.717) is 0 Å². The Hall–Kier alpha value is -1.94. The Balaban J connectivity index is 3.79.